The Labute approximate surface area is 194 Å². The van der Waals surface area contributed by atoms with E-state index in [1.54, 1.807) is 23.1 Å². The molecule has 1 atom stereocenters. The molecule has 6 nitrogen and oxygen atoms in total. The molecule has 0 saturated heterocycles. The number of amides is 2. The molecular weight excluding hydrogens is 416 g/mol. The van der Waals surface area contributed by atoms with Crippen LogP contribution in [-0.4, -0.2) is 29.0 Å². The van der Waals surface area contributed by atoms with Crippen LogP contribution in [0.5, 0.6) is 11.5 Å². The number of hydrogen-bond acceptors (Lipinski definition) is 4. The summed E-state index contributed by atoms with van der Waals surface area (Å²) >= 11 is 0. The van der Waals surface area contributed by atoms with Crippen LogP contribution in [0.15, 0.2) is 78.9 Å². The Morgan fingerprint density at radius 2 is 1.55 bits per heavy atom. The molecule has 33 heavy (non-hydrogen) atoms. The van der Waals surface area contributed by atoms with Gasteiger partial charge in [0.1, 0.15) is 5.54 Å². The monoisotopic (exact) mass is 444 g/mol. The minimum absolute atomic E-state index is 0.102. The number of nitrogens with one attached hydrogen (secondary N) is 1. The van der Waals surface area contributed by atoms with Gasteiger partial charge in [-0.15, -0.1) is 0 Å². The second-order valence-corrected chi connectivity index (χ2v) is 8.28. The van der Waals surface area contributed by atoms with Crippen LogP contribution in [0.2, 0.25) is 0 Å². The highest BCUT2D eigenvalue weighted by Crippen LogP contribution is 2.35. The van der Waals surface area contributed by atoms with Gasteiger partial charge in [0, 0.05) is 18.3 Å². The fraction of sp³-hybridized carbons (Fsp3) is 0.259. The third kappa shape index (κ3) is 5.00. The van der Waals surface area contributed by atoms with Crippen molar-refractivity contribution >= 4 is 17.5 Å². The van der Waals surface area contributed by atoms with E-state index in [1.807, 2.05) is 74.5 Å². The zero-order valence-electron chi connectivity index (χ0n) is 18.9. The standard InChI is InChI=1S/C27H28N2O4/c1-3-27(2,26(31)28-22-14-15-23-24(17-22)33-19-32-23)29(18-21-12-8-5-9-13-21)25(30)16-20-10-6-4-7-11-20/h4-15,17H,3,16,18-19H2,1-2H3,(H,28,31). The van der Waals surface area contributed by atoms with Crippen molar-refractivity contribution in [1.29, 1.82) is 0 Å². The molecule has 0 aliphatic carbocycles. The van der Waals surface area contributed by atoms with Gasteiger partial charge in [0.05, 0.1) is 6.42 Å². The Morgan fingerprint density at radius 1 is 0.909 bits per heavy atom. The van der Waals surface area contributed by atoms with Crippen LogP contribution in [0.25, 0.3) is 0 Å². The van der Waals surface area contributed by atoms with Gasteiger partial charge in [0.2, 0.25) is 18.6 Å². The maximum absolute atomic E-state index is 13.6. The molecule has 1 unspecified atom stereocenters. The molecule has 0 radical (unpaired) electrons. The summed E-state index contributed by atoms with van der Waals surface area (Å²) in [5, 5.41) is 2.98. The fourth-order valence-corrected chi connectivity index (χ4v) is 3.88. The molecule has 4 rings (SSSR count). The van der Waals surface area contributed by atoms with Gasteiger partial charge in [0.25, 0.3) is 0 Å². The summed E-state index contributed by atoms with van der Waals surface area (Å²) in [5.41, 5.74) is 1.42. The Balaban J connectivity index is 1.61. The zero-order valence-corrected chi connectivity index (χ0v) is 18.9. The van der Waals surface area contributed by atoms with Crippen molar-refractivity contribution in [1.82, 2.24) is 4.90 Å². The maximum atomic E-state index is 13.6. The van der Waals surface area contributed by atoms with Gasteiger partial charge < -0.3 is 19.7 Å². The fourth-order valence-electron chi connectivity index (χ4n) is 3.88. The molecule has 0 aromatic heterocycles. The molecule has 1 heterocycles. The zero-order chi connectivity index (χ0) is 23.3. The van der Waals surface area contributed by atoms with Gasteiger partial charge in [0.15, 0.2) is 11.5 Å². The third-order valence-electron chi connectivity index (χ3n) is 6.09. The van der Waals surface area contributed by atoms with Crippen molar-refractivity contribution in [2.45, 2.75) is 38.8 Å². The van der Waals surface area contributed by atoms with Crippen LogP contribution in [0, 0.1) is 0 Å². The van der Waals surface area contributed by atoms with E-state index in [0.717, 1.165) is 11.1 Å². The van der Waals surface area contributed by atoms with Gasteiger partial charge in [-0.1, -0.05) is 67.6 Å². The van der Waals surface area contributed by atoms with Crippen molar-refractivity contribution in [3.8, 4) is 11.5 Å². The highest BCUT2D eigenvalue weighted by molar-refractivity contribution is 6.00. The lowest BCUT2D eigenvalue weighted by atomic mass is 9.92. The lowest BCUT2D eigenvalue weighted by Gasteiger charge is -2.40. The molecular formula is C27H28N2O4. The maximum Gasteiger partial charge on any atom is 0.250 e. The predicted octanol–water partition coefficient (Wildman–Crippen LogP) is 4.79. The van der Waals surface area contributed by atoms with E-state index in [9.17, 15) is 9.59 Å². The number of carbonyl (C=O) groups excluding carboxylic acids is 2. The first-order valence-electron chi connectivity index (χ1n) is 11.1. The average molecular weight is 445 g/mol. The first kappa shape index (κ1) is 22.4. The quantitative estimate of drug-likeness (QED) is 0.542. The van der Waals surface area contributed by atoms with Crippen molar-refractivity contribution < 1.29 is 19.1 Å². The normalized spacial score (nSPS) is 13.8. The number of benzene rings is 3. The van der Waals surface area contributed by atoms with Gasteiger partial charge >= 0.3 is 0 Å². The van der Waals surface area contributed by atoms with E-state index in [0.29, 0.717) is 30.2 Å². The van der Waals surface area contributed by atoms with Crippen molar-refractivity contribution in [3.05, 3.63) is 90.0 Å². The molecule has 1 aliphatic rings. The summed E-state index contributed by atoms with van der Waals surface area (Å²) in [5.74, 6) is 0.888. The molecule has 1 aliphatic heterocycles. The summed E-state index contributed by atoms with van der Waals surface area (Å²) in [4.78, 5) is 28.8. The molecule has 0 fully saturated rings. The summed E-state index contributed by atoms with van der Waals surface area (Å²) in [6.45, 7) is 4.25. The van der Waals surface area contributed by atoms with E-state index in [-0.39, 0.29) is 25.0 Å². The van der Waals surface area contributed by atoms with Crippen LogP contribution in [-0.2, 0) is 22.6 Å². The Bertz CT molecular complexity index is 1120. The second-order valence-electron chi connectivity index (χ2n) is 8.28. The van der Waals surface area contributed by atoms with E-state index in [4.69, 9.17) is 9.47 Å². The number of carbonyl (C=O) groups is 2. The molecule has 3 aromatic carbocycles. The first-order valence-corrected chi connectivity index (χ1v) is 11.1. The van der Waals surface area contributed by atoms with E-state index in [1.165, 1.54) is 0 Å². The van der Waals surface area contributed by atoms with E-state index < -0.39 is 5.54 Å². The van der Waals surface area contributed by atoms with Crippen molar-refractivity contribution in [3.63, 3.8) is 0 Å². The highest BCUT2D eigenvalue weighted by Gasteiger charge is 2.40. The minimum atomic E-state index is -1.06. The lowest BCUT2D eigenvalue weighted by molar-refractivity contribution is -0.145. The van der Waals surface area contributed by atoms with Gasteiger partial charge in [-0.05, 0) is 36.6 Å². The van der Waals surface area contributed by atoms with Crippen LogP contribution >= 0.6 is 0 Å². The summed E-state index contributed by atoms with van der Waals surface area (Å²) < 4.78 is 10.8. The van der Waals surface area contributed by atoms with Crippen molar-refractivity contribution in [2.24, 2.45) is 0 Å². The molecule has 2 amide bonds. The summed E-state index contributed by atoms with van der Waals surface area (Å²) in [6.07, 6.45) is 0.678. The van der Waals surface area contributed by atoms with Crippen LogP contribution in [0.4, 0.5) is 5.69 Å². The van der Waals surface area contributed by atoms with E-state index in [2.05, 4.69) is 5.32 Å². The predicted molar refractivity (Wildman–Crippen MR) is 127 cm³/mol. The Kier molecular flexibility index (Phi) is 6.63. The summed E-state index contributed by atoms with van der Waals surface area (Å²) in [6, 6.07) is 24.6. The first-order chi connectivity index (χ1) is 16.0. The van der Waals surface area contributed by atoms with Crippen molar-refractivity contribution in [2.75, 3.05) is 12.1 Å². The lowest BCUT2D eigenvalue weighted by Crippen LogP contribution is -2.56. The van der Waals surface area contributed by atoms with Gasteiger partial charge in [-0.2, -0.15) is 0 Å². The number of hydrogen-bond donors (Lipinski definition) is 1. The van der Waals surface area contributed by atoms with Gasteiger partial charge in [-0.3, -0.25) is 9.59 Å². The second kappa shape index (κ2) is 9.77. The van der Waals surface area contributed by atoms with Crippen LogP contribution in [0.3, 0.4) is 0 Å². The number of ether oxygens (including phenoxy) is 2. The number of rotatable bonds is 8. The Hall–Kier alpha value is -3.80. The number of nitrogens with zero attached hydrogens (tertiary/aromatic N) is 1. The largest absolute Gasteiger partial charge is 0.454 e. The van der Waals surface area contributed by atoms with Crippen LogP contribution < -0.4 is 14.8 Å². The SMILES string of the molecule is CCC(C)(C(=O)Nc1ccc2c(c1)OCO2)N(Cc1ccccc1)C(=O)Cc1ccccc1. The smallest absolute Gasteiger partial charge is 0.250 e. The minimum Gasteiger partial charge on any atom is -0.454 e. The third-order valence-corrected chi connectivity index (χ3v) is 6.09. The number of anilines is 1. The highest BCUT2D eigenvalue weighted by atomic mass is 16.7. The topological polar surface area (TPSA) is 67.9 Å². The molecule has 0 saturated carbocycles. The van der Waals surface area contributed by atoms with Gasteiger partial charge in [-0.25, -0.2) is 0 Å². The molecule has 6 heteroatoms. The number of fused-ring (bicyclic) bond motifs is 1. The Morgan fingerprint density at radius 3 is 2.21 bits per heavy atom. The molecule has 3 aromatic rings. The molecule has 0 bridgehead atoms. The average Bonchev–Trinajstić information content (AvgIpc) is 3.31. The molecule has 1 N–H and O–H groups in total. The summed E-state index contributed by atoms with van der Waals surface area (Å²) in [7, 11) is 0. The van der Waals surface area contributed by atoms with E-state index >= 15 is 0 Å². The molecule has 170 valence electrons. The van der Waals surface area contributed by atoms with Crippen LogP contribution in [0.1, 0.15) is 31.4 Å². The molecule has 0 spiro atoms.